The lowest BCUT2D eigenvalue weighted by molar-refractivity contribution is -0.121. The fraction of sp³-hybridized carbons (Fsp3) is 0.182. The predicted molar refractivity (Wildman–Crippen MR) is 68.6 cm³/mol. The molecule has 6 heteroatoms. The van der Waals surface area contributed by atoms with Crippen LogP contribution in [0.2, 0.25) is 0 Å². The van der Waals surface area contributed by atoms with Crippen LogP contribution in [0.25, 0.3) is 0 Å². The van der Waals surface area contributed by atoms with E-state index in [1.54, 1.807) is 24.3 Å². The summed E-state index contributed by atoms with van der Waals surface area (Å²) >= 11 is 4.72. The number of hydrogen-bond donors (Lipinski definition) is 2. The molecule has 0 atom stereocenters. The summed E-state index contributed by atoms with van der Waals surface area (Å²) in [7, 11) is 0. The highest BCUT2D eigenvalue weighted by Crippen LogP contribution is 2.24. The Balaban J connectivity index is 2.29. The van der Waals surface area contributed by atoms with Gasteiger partial charge < -0.3 is 11.1 Å². The van der Waals surface area contributed by atoms with Crippen LogP contribution < -0.4 is 16.0 Å². The van der Waals surface area contributed by atoms with Gasteiger partial charge in [-0.1, -0.05) is 6.07 Å². The molecular formula is C11H11N3O2S. The molecule has 3 N–H and O–H groups in total. The van der Waals surface area contributed by atoms with E-state index in [2.05, 4.69) is 5.32 Å². The lowest BCUT2D eigenvalue weighted by atomic mass is 10.2. The maximum Gasteiger partial charge on any atom is 0.234 e. The molecule has 0 saturated carbocycles. The maximum absolute atomic E-state index is 11.6. The van der Waals surface area contributed by atoms with Crippen LogP contribution in [-0.4, -0.2) is 16.9 Å². The molecule has 1 heterocycles. The highest BCUT2D eigenvalue weighted by atomic mass is 32.1. The number of nitrogens with zero attached hydrogens (tertiary/aromatic N) is 1. The molecule has 0 bridgehead atoms. The Labute approximate surface area is 104 Å². The van der Waals surface area contributed by atoms with Crippen LogP contribution in [0.3, 0.4) is 0 Å². The van der Waals surface area contributed by atoms with Crippen LogP contribution >= 0.6 is 12.2 Å². The Kier molecular flexibility index (Phi) is 3.06. The van der Waals surface area contributed by atoms with Crippen molar-refractivity contribution in [1.29, 1.82) is 0 Å². The number of carbonyl (C=O) groups excluding carboxylic acids is 2. The molecule has 2 amide bonds. The second-order valence-corrected chi connectivity index (χ2v) is 4.10. The van der Waals surface area contributed by atoms with Gasteiger partial charge in [-0.25, -0.2) is 0 Å². The molecule has 5 nitrogen and oxygen atoms in total. The first kappa shape index (κ1) is 11.5. The van der Waals surface area contributed by atoms with E-state index < -0.39 is 0 Å². The molecule has 0 radical (unpaired) electrons. The minimum Gasteiger partial charge on any atom is -0.376 e. The number of thiocarbonyl (C=S) groups is 1. The van der Waals surface area contributed by atoms with Gasteiger partial charge in [0.05, 0.1) is 5.69 Å². The quantitative estimate of drug-likeness (QED) is 0.604. The van der Waals surface area contributed by atoms with Crippen molar-refractivity contribution >= 4 is 40.5 Å². The van der Waals surface area contributed by atoms with Crippen molar-refractivity contribution in [2.45, 2.75) is 12.8 Å². The first-order valence-corrected chi connectivity index (χ1v) is 5.51. The third-order valence-corrected chi connectivity index (χ3v) is 2.53. The van der Waals surface area contributed by atoms with Crippen LogP contribution in [0.4, 0.5) is 11.4 Å². The van der Waals surface area contributed by atoms with Crippen molar-refractivity contribution in [3.8, 4) is 0 Å². The summed E-state index contributed by atoms with van der Waals surface area (Å²) in [6, 6.07) is 6.86. The van der Waals surface area contributed by atoms with Gasteiger partial charge in [-0.2, -0.15) is 0 Å². The molecule has 0 aromatic heterocycles. The maximum atomic E-state index is 11.6. The molecule has 1 saturated heterocycles. The van der Waals surface area contributed by atoms with Crippen LogP contribution in [0.5, 0.6) is 0 Å². The van der Waals surface area contributed by atoms with Crippen LogP contribution in [0, 0.1) is 0 Å². The SMILES string of the molecule is NC(=S)Nc1cccc(N2C(=O)CCC2=O)c1. The summed E-state index contributed by atoms with van der Waals surface area (Å²) in [4.78, 5) is 24.3. The number of anilines is 2. The van der Waals surface area contributed by atoms with Gasteiger partial charge in [0.15, 0.2) is 5.11 Å². The second kappa shape index (κ2) is 4.50. The zero-order chi connectivity index (χ0) is 12.4. The minimum absolute atomic E-state index is 0.140. The number of carbonyl (C=O) groups is 2. The van der Waals surface area contributed by atoms with E-state index in [1.807, 2.05) is 0 Å². The van der Waals surface area contributed by atoms with E-state index in [1.165, 1.54) is 4.90 Å². The van der Waals surface area contributed by atoms with Crippen molar-refractivity contribution in [2.24, 2.45) is 5.73 Å². The fourth-order valence-corrected chi connectivity index (χ4v) is 1.85. The minimum atomic E-state index is -0.178. The lowest BCUT2D eigenvalue weighted by Crippen LogP contribution is -2.28. The van der Waals surface area contributed by atoms with E-state index in [-0.39, 0.29) is 29.8 Å². The number of nitrogens with one attached hydrogen (secondary N) is 1. The summed E-state index contributed by atoms with van der Waals surface area (Å²) in [6.45, 7) is 0. The van der Waals surface area contributed by atoms with Gasteiger partial charge in [-0.05, 0) is 30.4 Å². The molecule has 17 heavy (non-hydrogen) atoms. The summed E-state index contributed by atoms with van der Waals surface area (Å²) < 4.78 is 0. The summed E-state index contributed by atoms with van der Waals surface area (Å²) in [5.41, 5.74) is 6.55. The van der Waals surface area contributed by atoms with E-state index in [9.17, 15) is 9.59 Å². The van der Waals surface area contributed by atoms with Crippen molar-refractivity contribution < 1.29 is 9.59 Å². The van der Waals surface area contributed by atoms with Crippen molar-refractivity contribution in [1.82, 2.24) is 0 Å². The number of nitrogens with two attached hydrogens (primary N) is 1. The Morgan fingerprint density at radius 1 is 1.29 bits per heavy atom. The second-order valence-electron chi connectivity index (χ2n) is 3.66. The standard InChI is InChI=1S/C11H11N3O2S/c12-11(17)13-7-2-1-3-8(6-7)14-9(15)4-5-10(14)16/h1-3,6H,4-5H2,(H3,12,13,17). The molecule has 1 aromatic rings. The highest BCUT2D eigenvalue weighted by molar-refractivity contribution is 7.80. The Bertz CT molecular complexity index is 485. The molecule has 1 fully saturated rings. The van der Waals surface area contributed by atoms with Crippen LogP contribution in [0.15, 0.2) is 24.3 Å². The van der Waals surface area contributed by atoms with Crippen LogP contribution in [-0.2, 0) is 9.59 Å². The van der Waals surface area contributed by atoms with Gasteiger partial charge in [-0.3, -0.25) is 14.5 Å². The zero-order valence-corrected chi connectivity index (χ0v) is 9.79. The average Bonchev–Trinajstić information content (AvgIpc) is 2.58. The zero-order valence-electron chi connectivity index (χ0n) is 8.97. The van der Waals surface area contributed by atoms with Crippen molar-refractivity contribution in [3.05, 3.63) is 24.3 Å². The van der Waals surface area contributed by atoms with Crippen molar-refractivity contribution in [3.63, 3.8) is 0 Å². The fourth-order valence-electron chi connectivity index (χ4n) is 1.73. The Morgan fingerprint density at radius 3 is 2.53 bits per heavy atom. The highest BCUT2D eigenvalue weighted by Gasteiger charge is 2.30. The van der Waals surface area contributed by atoms with E-state index in [4.69, 9.17) is 18.0 Å². The lowest BCUT2D eigenvalue weighted by Gasteiger charge is -2.15. The normalized spacial score (nSPS) is 15.2. The molecular weight excluding hydrogens is 238 g/mol. The van der Waals surface area contributed by atoms with Gasteiger partial charge in [0.2, 0.25) is 11.8 Å². The molecule has 1 aliphatic heterocycles. The number of imide groups is 1. The largest absolute Gasteiger partial charge is 0.376 e. The average molecular weight is 249 g/mol. The number of rotatable bonds is 2. The number of hydrogen-bond acceptors (Lipinski definition) is 3. The molecule has 0 unspecified atom stereocenters. The molecule has 1 aliphatic rings. The van der Waals surface area contributed by atoms with Crippen LogP contribution in [0.1, 0.15) is 12.8 Å². The molecule has 0 aliphatic carbocycles. The Morgan fingerprint density at radius 2 is 1.94 bits per heavy atom. The third kappa shape index (κ3) is 2.42. The van der Waals surface area contributed by atoms with Gasteiger partial charge in [-0.15, -0.1) is 0 Å². The summed E-state index contributed by atoms with van der Waals surface area (Å²) in [6.07, 6.45) is 0.539. The van der Waals surface area contributed by atoms with Gasteiger partial charge in [0.1, 0.15) is 0 Å². The number of benzene rings is 1. The molecule has 2 rings (SSSR count). The monoisotopic (exact) mass is 249 g/mol. The molecule has 0 spiro atoms. The molecule has 88 valence electrons. The third-order valence-electron chi connectivity index (χ3n) is 2.42. The van der Waals surface area contributed by atoms with Gasteiger partial charge >= 0.3 is 0 Å². The van der Waals surface area contributed by atoms with E-state index in [0.29, 0.717) is 11.4 Å². The predicted octanol–water partition coefficient (Wildman–Crippen LogP) is 0.996. The topological polar surface area (TPSA) is 75.4 Å². The van der Waals surface area contributed by atoms with E-state index >= 15 is 0 Å². The van der Waals surface area contributed by atoms with Gasteiger partial charge in [0.25, 0.3) is 0 Å². The molecule has 1 aromatic carbocycles. The first-order valence-electron chi connectivity index (χ1n) is 5.10. The summed E-state index contributed by atoms with van der Waals surface area (Å²) in [5.74, 6) is -0.357. The van der Waals surface area contributed by atoms with E-state index in [0.717, 1.165) is 0 Å². The number of amides is 2. The van der Waals surface area contributed by atoms with Crippen molar-refractivity contribution in [2.75, 3.05) is 10.2 Å². The summed E-state index contributed by atoms with van der Waals surface area (Å²) in [5, 5.41) is 2.90. The first-order chi connectivity index (χ1) is 8.08. The van der Waals surface area contributed by atoms with Gasteiger partial charge in [0, 0.05) is 18.5 Å². The Hall–Kier alpha value is -1.95. The smallest absolute Gasteiger partial charge is 0.234 e.